The lowest BCUT2D eigenvalue weighted by molar-refractivity contribution is -0.125. The molecule has 0 radical (unpaired) electrons. The molecule has 2 rings (SSSR count). The summed E-state index contributed by atoms with van der Waals surface area (Å²) in [6.07, 6.45) is -0.104. The molecule has 1 fully saturated rings. The highest BCUT2D eigenvalue weighted by molar-refractivity contribution is 6.42. The molecule has 0 spiro atoms. The molecule has 5 nitrogen and oxygen atoms in total. The van der Waals surface area contributed by atoms with E-state index in [2.05, 4.69) is 10.6 Å². The van der Waals surface area contributed by atoms with E-state index in [1.54, 1.807) is 0 Å². The molecule has 1 aliphatic rings. The lowest BCUT2D eigenvalue weighted by Crippen LogP contribution is -2.40. The van der Waals surface area contributed by atoms with E-state index in [-0.39, 0.29) is 22.0 Å². The lowest BCUT2D eigenvalue weighted by Gasteiger charge is -2.11. The van der Waals surface area contributed by atoms with Crippen molar-refractivity contribution in [1.29, 1.82) is 0 Å². The van der Waals surface area contributed by atoms with Crippen molar-refractivity contribution in [3.8, 4) is 0 Å². The number of hydrogen-bond donors (Lipinski definition) is 2. The molecular weight excluding hydrogens is 314 g/mol. The Morgan fingerprint density at radius 1 is 1.21 bits per heavy atom. The minimum Gasteiger partial charge on any atom is -0.340 e. The summed E-state index contributed by atoms with van der Waals surface area (Å²) in [5.74, 6) is -1.63. The Hall–Kier alpha value is -1.30. The molecule has 19 heavy (non-hydrogen) atoms. The number of nitrogens with one attached hydrogen (secondary N) is 2. The molecule has 0 aromatic heterocycles. The number of halogens is 3. The van der Waals surface area contributed by atoms with Crippen LogP contribution in [0.3, 0.4) is 0 Å². The first-order chi connectivity index (χ1) is 8.88. The first-order valence-electron chi connectivity index (χ1n) is 5.17. The van der Waals surface area contributed by atoms with Gasteiger partial charge in [0.25, 0.3) is 5.91 Å². The molecule has 2 N–H and O–H groups in total. The highest BCUT2D eigenvalue weighted by Crippen LogP contribution is 2.29. The molecule has 8 heteroatoms. The van der Waals surface area contributed by atoms with Crippen LogP contribution < -0.4 is 10.6 Å². The molecule has 3 amide bonds. The lowest BCUT2D eigenvalue weighted by atomic mass is 10.1. The van der Waals surface area contributed by atoms with Crippen LogP contribution in [0.4, 0.5) is 0 Å². The van der Waals surface area contributed by atoms with Crippen LogP contribution in [0.15, 0.2) is 12.1 Å². The van der Waals surface area contributed by atoms with Crippen LogP contribution in [0, 0.1) is 0 Å². The van der Waals surface area contributed by atoms with Gasteiger partial charge < -0.3 is 5.32 Å². The number of imide groups is 1. The summed E-state index contributed by atoms with van der Waals surface area (Å²) in [7, 11) is 0. The molecule has 0 saturated carbocycles. The quantitative estimate of drug-likeness (QED) is 0.816. The van der Waals surface area contributed by atoms with E-state index in [1.165, 1.54) is 12.1 Å². The van der Waals surface area contributed by atoms with Crippen molar-refractivity contribution in [2.45, 2.75) is 12.5 Å². The molecule has 1 atom stereocenters. The number of carbonyl (C=O) groups is 3. The van der Waals surface area contributed by atoms with Gasteiger partial charge in [-0.2, -0.15) is 0 Å². The molecule has 1 aromatic rings. The average Bonchev–Trinajstić information content (AvgIpc) is 2.55. The van der Waals surface area contributed by atoms with Crippen molar-refractivity contribution in [2.24, 2.45) is 0 Å². The molecule has 1 aliphatic heterocycles. The molecule has 100 valence electrons. The second kappa shape index (κ2) is 5.36. The van der Waals surface area contributed by atoms with E-state index in [1.807, 2.05) is 0 Å². The van der Waals surface area contributed by atoms with Crippen molar-refractivity contribution in [2.75, 3.05) is 0 Å². The normalized spacial score (nSPS) is 18.4. The van der Waals surface area contributed by atoms with E-state index < -0.39 is 23.8 Å². The summed E-state index contributed by atoms with van der Waals surface area (Å²) in [5.41, 5.74) is 0.0138. The van der Waals surface area contributed by atoms with E-state index >= 15 is 0 Å². The van der Waals surface area contributed by atoms with E-state index in [4.69, 9.17) is 34.8 Å². The van der Waals surface area contributed by atoms with Gasteiger partial charge in [0.05, 0.1) is 22.0 Å². The number of amides is 3. The van der Waals surface area contributed by atoms with Crippen molar-refractivity contribution in [3.63, 3.8) is 0 Å². The third-order valence-corrected chi connectivity index (χ3v) is 3.32. The summed E-state index contributed by atoms with van der Waals surface area (Å²) in [6, 6.07) is 1.82. The molecule has 1 unspecified atom stereocenters. The zero-order valence-corrected chi connectivity index (χ0v) is 11.6. The van der Waals surface area contributed by atoms with Gasteiger partial charge in [0.15, 0.2) is 0 Å². The van der Waals surface area contributed by atoms with Gasteiger partial charge in [0.2, 0.25) is 11.8 Å². The van der Waals surface area contributed by atoms with Gasteiger partial charge in [-0.1, -0.05) is 34.8 Å². The molecule has 1 saturated heterocycles. The highest BCUT2D eigenvalue weighted by Gasteiger charge is 2.32. The van der Waals surface area contributed by atoms with Crippen LogP contribution in [0.5, 0.6) is 0 Å². The SMILES string of the molecule is O=C1CC(NC(=O)c2c(Cl)cc(Cl)cc2Cl)C(=O)N1. The Bertz CT molecular complexity index is 566. The number of hydrogen-bond acceptors (Lipinski definition) is 3. The minimum absolute atomic E-state index is 0.0138. The molecular formula is C11H7Cl3N2O3. The highest BCUT2D eigenvalue weighted by atomic mass is 35.5. The largest absolute Gasteiger partial charge is 0.340 e. The Morgan fingerprint density at radius 3 is 2.26 bits per heavy atom. The monoisotopic (exact) mass is 320 g/mol. The maximum absolute atomic E-state index is 12.0. The van der Waals surface area contributed by atoms with Gasteiger partial charge in [-0.25, -0.2) is 0 Å². The second-order valence-corrected chi connectivity index (χ2v) is 5.14. The Labute approximate surface area is 123 Å². The van der Waals surface area contributed by atoms with Crippen LogP contribution in [0.1, 0.15) is 16.8 Å². The van der Waals surface area contributed by atoms with E-state index in [0.29, 0.717) is 5.02 Å². The fourth-order valence-corrected chi connectivity index (χ4v) is 2.65. The van der Waals surface area contributed by atoms with Crippen molar-refractivity contribution >= 4 is 52.5 Å². The van der Waals surface area contributed by atoms with Crippen LogP contribution in [0.25, 0.3) is 0 Å². The zero-order valence-electron chi connectivity index (χ0n) is 9.30. The van der Waals surface area contributed by atoms with Gasteiger partial charge >= 0.3 is 0 Å². The smallest absolute Gasteiger partial charge is 0.254 e. The van der Waals surface area contributed by atoms with Crippen LogP contribution in [-0.4, -0.2) is 23.8 Å². The number of carbonyl (C=O) groups excluding carboxylic acids is 3. The predicted molar refractivity (Wildman–Crippen MR) is 70.5 cm³/mol. The van der Waals surface area contributed by atoms with Crippen molar-refractivity contribution < 1.29 is 14.4 Å². The predicted octanol–water partition coefficient (Wildman–Crippen LogP) is 1.79. The summed E-state index contributed by atoms with van der Waals surface area (Å²) in [4.78, 5) is 34.3. The second-order valence-electron chi connectivity index (χ2n) is 3.89. The minimum atomic E-state index is -0.914. The zero-order chi connectivity index (χ0) is 14.2. The Balaban J connectivity index is 2.21. The van der Waals surface area contributed by atoms with Crippen molar-refractivity contribution in [3.05, 3.63) is 32.8 Å². The third-order valence-electron chi connectivity index (χ3n) is 2.51. The van der Waals surface area contributed by atoms with Gasteiger partial charge in [-0.05, 0) is 12.1 Å². The molecule has 1 aromatic carbocycles. The first kappa shape index (κ1) is 14.1. The summed E-state index contributed by atoms with van der Waals surface area (Å²) < 4.78 is 0. The first-order valence-corrected chi connectivity index (χ1v) is 6.31. The summed E-state index contributed by atoms with van der Waals surface area (Å²) >= 11 is 17.5. The maximum atomic E-state index is 12.0. The average molecular weight is 322 g/mol. The molecule has 1 heterocycles. The van der Waals surface area contributed by atoms with Crippen LogP contribution >= 0.6 is 34.8 Å². The van der Waals surface area contributed by atoms with Gasteiger partial charge in [0, 0.05) is 5.02 Å². The summed E-state index contributed by atoms with van der Waals surface area (Å²) in [6.45, 7) is 0. The van der Waals surface area contributed by atoms with Crippen molar-refractivity contribution in [1.82, 2.24) is 10.6 Å². The molecule has 0 aliphatic carbocycles. The fourth-order valence-electron chi connectivity index (χ4n) is 1.66. The topological polar surface area (TPSA) is 75.3 Å². The van der Waals surface area contributed by atoms with Gasteiger partial charge in [-0.15, -0.1) is 0 Å². The van der Waals surface area contributed by atoms with E-state index in [9.17, 15) is 14.4 Å². The number of benzene rings is 1. The Kier molecular flexibility index (Phi) is 3.99. The third kappa shape index (κ3) is 3.00. The van der Waals surface area contributed by atoms with Crippen LogP contribution in [-0.2, 0) is 9.59 Å². The fraction of sp³-hybridized carbons (Fsp3) is 0.182. The van der Waals surface area contributed by atoms with Gasteiger partial charge in [0.1, 0.15) is 6.04 Å². The molecule has 0 bridgehead atoms. The van der Waals surface area contributed by atoms with Crippen LogP contribution in [0.2, 0.25) is 15.1 Å². The van der Waals surface area contributed by atoms with Gasteiger partial charge in [-0.3, -0.25) is 19.7 Å². The van der Waals surface area contributed by atoms with E-state index in [0.717, 1.165) is 0 Å². The summed E-state index contributed by atoms with van der Waals surface area (Å²) in [5, 5.41) is 4.91. The Morgan fingerprint density at radius 2 is 1.79 bits per heavy atom. The standard InChI is InChI=1S/C11H7Cl3N2O3/c12-4-1-5(13)9(6(14)2-4)11(19)15-7-3-8(17)16-10(7)18/h1-2,7H,3H2,(H,15,19)(H,16,17,18). The number of rotatable bonds is 2. The maximum Gasteiger partial charge on any atom is 0.254 e.